The van der Waals surface area contributed by atoms with Crippen LogP contribution in [0.25, 0.3) is 0 Å². The number of hydrogen-bond acceptors (Lipinski definition) is 6. The number of aliphatic hydroxyl groups excluding tert-OH is 2. The molecule has 2 fully saturated rings. The molecule has 2 N–H and O–H groups in total. The minimum Gasteiger partial charge on any atom is -0.497 e. The van der Waals surface area contributed by atoms with Crippen LogP contribution in [0.5, 0.6) is 5.75 Å². The molecule has 0 amide bonds. The minimum absolute atomic E-state index is 0.000516. The molecule has 1 spiro atoms. The van der Waals surface area contributed by atoms with Gasteiger partial charge < -0.3 is 29.2 Å². The van der Waals surface area contributed by atoms with Crippen LogP contribution in [0, 0.1) is 11.3 Å². The van der Waals surface area contributed by atoms with Crippen molar-refractivity contribution >= 4 is 0 Å². The van der Waals surface area contributed by atoms with E-state index in [0.717, 1.165) is 11.3 Å². The van der Waals surface area contributed by atoms with E-state index in [1.807, 2.05) is 45.0 Å². The van der Waals surface area contributed by atoms with Gasteiger partial charge in [0.05, 0.1) is 32.0 Å². The third-order valence-corrected chi connectivity index (χ3v) is 6.57. The topological polar surface area (TPSA) is 77.4 Å². The van der Waals surface area contributed by atoms with Crippen LogP contribution in [-0.4, -0.2) is 54.1 Å². The van der Waals surface area contributed by atoms with Gasteiger partial charge in [-0.05, 0) is 24.1 Å². The molecule has 0 aliphatic carbocycles. The fourth-order valence-corrected chi connectivity index (χ4v) is 4.49. The van der Waals surface area contributed by atoms with E-state index in [0.29, 0.717) is 19.4 Å². The maximum atomic E-state index is 10.7. The average molecular weight is 407 g/mol. The molecule has 0 unspecified atom stereocenters. The number of rotatable bonds is 7. The van der Waals surface area contributed by atoms with Gasteiger partial charge in [0.2, 0.25) is 0 Å². The van der Waals surface area contributed by atoms with E-state index in [1.165, 1.54) is 0 Å². The zero-order valence-corrected chi connectivity index (χ0v) is 17.8. The third kappa shape index (κ3) is 4.09. The summed E-state index contributed by atoms with van der Waals surface area (Å²) in [6.07, 6.45) is 1.03. The summed E-state index contributed by atoms with van der Waals surface area (Å²) in [7, 11) is 1.64. The Morgan fingerprint density at radius 3 is 2.52 bits per heavy atom. The summed E-state index contributed by atoms with van der Waals surface area (Å²) in [5.74, 6) is -0.272. The van der Waals surface area contributed by atoms with Crippen molar-refractivity contribution in [1.29, 1.82) is 0 Å². The summed E-state index contributed by atoms with van der Waals surface area (Å²) < 4.78 is 24.3. The zero-order chi connectivity index (χ0) is 21.2. The fraction of sp³-hybridized carbons (Fsp3) is 0.652. The Morgan fingerprint density at radius 2 is 1.93 bits per heavy atom. The lowest BCUT2D eigenvalue weighted by molar-refractivity contribution is -0.330. The monoisotopic (exact) mass is 406 g/mol. The average Bonchev–Trinajstić information content (AvgIpc) is 2.90. The van der Waals surface area contributed by atoms with E-state index in [1.54, 1.807) is 13.2 Å². The maximum absolute atomic E-state index is 10.7. The van der Waals surface area contributed by atoms with Crippen LogP contribution >= 0.6 is 0 Å². The molecule has 0 bridgehead atoms. The van der Waals surface area contributed by atoms with Gasteiger partial charge in [0.1, 0.15) is 11.9 Å². The highest BCUT2D eigenvalue weighted by atomic mass is 16.7. The van der Waals surface area contributed by atoms with Crippen LogP contribution in [0.1, 0.15) is 39.2 Å². The molecule has 2 heterocycles. The Morgan fingerprint density at radius 1 is 1.24 bits per heavy atom. The summed E-state index contributed by atoms with van der Waals surface area (Å²) in [6, 6.07) is 7.76. The number of benzene rings is 1. The lowest BCUT2D eigenvalue weighted by Crippen LogP contribution is -2.58. The van der Waals surface area contributed by atoms with Crippen molar-refractivity contribution in [3.05, 3.63) is 42.5 Å². The highest BCUT2D eigenvalue weighted by Crippen LogP contribution is 2.55. The summed E-state index contributed by atoms with van der Waals surface area (Å²) in [5, 5.41) is 20.1. The van der Waals surface area contributed by atoms with Gasteiger partial charge in [-0.25, -0.2) is 0 Å². The number of aliphatic hydroxyl groups is 2. The standard InChI is InChI=1S/C23H34O6/c1-6-19-21(27-14-16-7-9-17(26-5)10-8-16)22(3,4)23(28-19)13-18(25)15(2)20(29-23)11-12-24/h6-10,15,18-21,24-25H,1,11-14H2,2-5H3/t15-,18+,19+,20-,21-,23-/m1/s1. The highest BCUT2D eigenvalue weighted by molar-refractivity contribution is 5.26. The second-order valence-electron chi connectivity index (χ2n) is 8.67. The zero-order valence-electron chi connectivity index (χ0n) is 17.8. The summed E-state index contributed by atoms with van der Waals surface area (Å²) in [5.41, 5.74) is 0.495. The Labute approximate surface area is 173 Å². The van der Waals surface area contributed by atoms with Crippen molar-refractivity contribution in [1.82, 2.24) is 0 Å². The predicted molar refractivity (Wildman–Crippen MR) is 110 cm³/mol. The van der Waals surface area contributed by atoms with Gasteiger partial charge in [-0.2, -0.15) is 0 Å². The smallest absolute Gasteiger partial charge is 0.179 e. The molecule has 2 aliphatic heterocycles. The van der Waals surface area contributed by atoms with Crippen molar-refractivity contribution in [2.24, 2.45) is 11.3 Å². The molecule has 3 rings (SSSR count). The van der Waals surface area contributed by atoms with E-state index in [4.69, 9.17) is 18.9 Å². The normalized spacial score (nSPS) is 36.3. The van der Waals surface area contributed by atoms with Gasteiger partial charge in [-0.15, -0.1) is 6.58 Å². The van der Waals surface area contributed by atoms with E-state index in [9.17, 15) is 10.2 Å². The van der Waals surface area contributed by atoms with Crippen LogP contribution in [-0.2, 0) is 20.8 Å². The van der Waals surface area contributed by atoms with Crippen molar-refractivity contribution in [3.63, 3.8) is 0 Å². The van der Waals surface area contributed by atoms with Crippen LogP contribution in [0.2, 0.25) is 0 Å². The maximum Gasteiger partial charge on any atom is 0.179 e. The van der Waals surface area contributed by atoms with Gasteiger partial charge in [-0.1, -0.05) is 39.0 Å². The second kappa shape index (κ2) is 8.74. The number of hydrogen-bond donors (Lipinski definition) is 2. The summed E-state index contributed by atoms with van der Waals surface area (Å²) in [6.45, 7) is 10.4. The molecule has 162 valence electrons. The predicted octanol–water partition coefficient (Wildman–Crippen LogP) is 3.06. The van der Waals surface area contributed by atoms with E-state index in [-0.39, 0.29) is 30.8 Å². The first-order valence-electron chi connectivity index (χ1n) is 10.3. The molecule has 29 heavy (non-hydrogen) atoms. The van der Waals surface area contributed by atoms with Gasteiger partial charge >= 0.3 is 0 Å². The molecule has 0 radical (unpaired) electrons. The molecule has 6 nitrogen and oxygen atoms in total. The molecule has 2 saturated heterocycles. The van der Waals surface area contributed by atoms with Crippen molar-refractivity contribution in [2.45, 2.75) is 70.4 Å². The Bertz CT molecular complexity index is 687. The van der Waals surface area contributed by atoms with E-state index < -0.39 is 17.3 Å². The minimum atomic E-state index is -0.998. The van der Waals surface area contributed by atoms with Gasteiger partial charge in [0.25, 0.3) is 0 Å². The van der Waals surface area contributed by atoms with Gasteiger partial charge in [-0.3, -0.25) is 0 Å². The van der Waals surface area contributed by atoms with Crippen LogP contribution in [0.3, 0.4) is 0 Å². The summed E-state index contributed by atoms with van der Waals surface area (Å²) in [4.78, 5) is 0. The number of ether oxygens (including phenoxy) is 4. The SMILES string of the molecule is C=C[C@@H]1O[C@@]2(C[C@H](O)[C@@H](C)[C@@H](CCO)O2)C(C)(C)[C@@H]1OCc1ccc(OC)cc1. The van der Waals surface area contributed by atoms with Crippen LogP contribution in [0.4, 0.5) is 0 Å². The molecule has 6 atom stereocenters. The molecular formula is C23H34O6. The Hall–Kier alpha value is -1.44. The lowest BCUT2D eigenvalue weighted by atomic mass is 9.73. The Balaban J connectivity index is 1.80. The van der Waals surface area contributed by atoms with Gasteiger partial charge in [0.15, 0.2) is 5.79 Å². The first-order valence-corrected chi connectivity index (χ1v) is 10.3. The van der Waals surface area contributed by atoms with Crippen LogP contribution < -0.4 is 4.74 Å². The quantitative estimate of drug-likeness (QED) is 0.678. The molecule has 0 aromatic heterocycles. The highest BCUT2D eigenvalue weighted by Gasteiger charge is 2.64. The van der Waals surface area contributed by atoms with E-state index in [2.05, 4.69) is 6.58 Å². The van der Waals surface area contributed by atoms with Gasteiger partial charge in [0, 0.05) is 24.4 Å². The molecule has 6 heteroatoms. The molecular weight excluding hydrogens is 372 g/mol. The van der Waals surface area contributed by atoms with Crippen molar-refractivity contribution < 1.29 is 29.2 Å². The van der Waals surface area contributed by atoms with E-state index >= 15 is 0 Å². The number of methoxy groups -OCH3 is 1. The first-order chi connectivity index (χ1) is 13.8. The third-order valence-electron chi connectivity index (χ3n) is 6.57. The second-order valence-corrected chi connectivity index (χ2v) is 8.67. The van der Waals surface area contributed by atoms with Crippen molar-refractivity contribution in [3.8, 4) is 5.75 Å². The summed E-state index contributed by atoms with van der Waals surface area (Å²) >= 11 is 0. The lowest BCUT2D eigenvalue weighted by Gasteiger charge is -2.50. The largest absolute Gasteiger partial charge is 0.497 e. The molecule has 0 saturated carbocycles. The molecule has 1 aromatic rings. The first kappa shape index (κ1) is 22.2. The molecule has 1 aromatic carbocycles. The van der Waals surface area contributed by atoms with Crippen molar-refractivity contribution in [2.75, 3.05) is 13.7 Å². The Kier molecular flexibility index (Phi) is 6.70. The fourth-order valence-electron chi connectivity index (χ4n) is 4.49. The molecule has 2 aliphatic rings. The van der Waals surface area contributed by atoms with Crippen LogP contribution in [0.15, 0.2) is 36.9 Å².